The Morgan fingerprint density at radius 2 is 1.73 bits per heavy atom. The van der Waals surface area contributed by atoms with E-state index >= 15 is 0 Å². The highest BCUT2D eigenvalue weighted by molar-refractivity contribution is 7.89. The highest BCUT2D eigenvalue weighted by Gasteiger charge is 2.27. The average Bonchev–Trinajstić information content (AvgIpc) is 2.96. The number of rotatable bonds is 6. The molecule has 0 aliphatic heterocycles. The third kappa shape index (κ3) is 3.76. The highest BCUT2D eigenvalue weighted by Crippen LogP contribution is 2.28. The summed E-state index contributed by atoms with van der Waals surface area (Å²) >= 11 is 0. The van der Waals surface area contributed by atoms with Gasteiger partial charge in [0.05, 0.1) is 4.90 Å². The van der Waals surface area contributed by atoms with Gasteiger partial charge in [0, 0.05) is 12.6 Å². The van der Waals surface area contributed by atoms with Gasteiger partial charge in [-0.25, -0.2) is 8.42 Å². The van der Waals surface area contributed by atoms with Gasteiger partial charge in [0.1, 0.15) is 0 Å². The lowest BCUT2D eigenvalue weighted by molar-refractivity contribution is 0.357. The lowest BCUT2D eigenvalue weighted by Gasteiger charge is -2.26. The van der Waals surface area contributed by atoms with Crippen LogP contribution < -0.4 is 0 Å². The summed E-state index contributed by atoms with van der Waals surface area (Å²) in [4.78, 5) is 0.368. The molecule has 0 unspecified atom stereocenters. The Morgan fingerprint density at radius 1 is 1.04 bits per heavy atom. The van der Waals surface area contributed by atoms with Gasteiger partial charge in [0.2, 0.25) is 10.0 Å². The monoisotopic (exact) mass is 369 g/mol. The Morgan fingerprint density at radius 3 is 2.38 bits per heavy atom. The number of hydrogen-bond donors (Lipinski definition) is 0. The van der Waals surface area contributed by atoms with Crippen molar-refractivity contribution in [1.82, 2.24) is 4.31 Å². The lowest BCUT2D eigenvalue weighted by Crippen LogP contribution is -2.38. The second-order valence-corrected chi connectivity index (χ2v) is 9.32. The van der Waals surface area contributed by atoms with Crippen molar-refractivity contribution in [2.75, 3.05) is 6.54 Å². The fraction of sp³-hybridized carbons (Fsp3) is 0.364. The topological polar surface area (TPSA) is 37.4 Å². The van der Waals surface area contributed by atoms with Crippen molar-refractivity contribution in [1.29, 1.82) is 0 Å². The zero-order valence-electron chi connectivity index (χ0n) is 16.0. The molecule has 0 heterocycles. The molecule has 0 saturated carbocycles. The molecule has 4 heteroatoms. The molecule has 0 fully saturated rings. The van der Waals surface area contributed by atoms with Crippen LogP contribution in [0.3, 0.4) is 0 Å². The minimum absolute atomic E-state index is 0.0853. The molecule has 1 aliphatic carbocycles. The summed E-state index contributed by atoms with van der Waals surface area (Å²) in [6, 6.07) is 13.4. The van der Waals surface area contributed by atoms with E-state index in [4.69, 9.17) is 0 Å². The first-order valence-electron chi connectivity index (χ1n) is 9.15. The predicted octanol–water partition coefficient (Wildman–Crippen LogP) is 4.60. The van der Waals surface area contributed by atoms with Gasteiger partial charge in [-0.05, 0) is 69.4 Å². The molecule has 0 bridgehead atoms. The van der Waals surface area contributed by atoms with E-state index in [0.29, 0.717) is 11.4 Å². The van der Waals surface area contributed by atoms with Crippen LogP contribution in [-0.2, 0) is 22.9 Å². The fourth-order valence-corrected chi connectivity index (χ4v) is 5.20. The van der Waals surface area contributed by atoms with Crippen LogP contribution in [0.4, 0.5) is 0 Å². The van der Waals surface area contributed by atoms with Gasteiger partial charge >= 0.3 is 0 Å². The summed E-state index contributed by atoms with van der Waals surface area (Å²) in [7, 11) is -3.49. The molecule has 0 amide bonds. The van der Waals surface area contributed by atoms with Crippen LogP contribution in [0.2, 0.25) is 0 Å². The van der Waals surface area contributed by atoms with Crippen molar-refractivity contribution in [3.05, 3.63) is 70.3 Å². The maximum Gasteiger partial charge on any atom is 0.243 e. The summed E-state index contributed by atoms with van der Waals surface area (Å²) < 4.78 is 27.8. The van der Waals surface area contributed by atoms with E-state index in [1.807, 2.05) is 32.9 Å². The van der Waals surface area contributed by atoms with Gasteiger partial charge < -0.3 is 0 Å². The first kappa shape index (κ1) is 18.9. The van der Waals surface area contributed by atoms with Crippen LogP contribution in [0.1, 0.15) is 43.0 Å². The van der Waals surface area contributed by atoms with Crippen LogP contribution in [0, 0.1) is 6.92 Å². The van der Waals surface area contributed by atoms with Gasteiger partial charge in [0.25, 0.3) is 0 Å². The molecule has 138 valence electrons. The van der Waals surface area contributed by atoms with E-state index in [-0.39, 0.29) is 6.04 Å². The van der Waals surface area contributed by atoms with Gasteiger partial charge in [0.15, 0.2) is 0 Å². The Labute approximate surface area is 157 Å². The van der Waals surface area contributed by atoms with E-state index in [2.05, 4.69) is 31.2 Å². The van der Waals surface area contributed by atoms with Gasteiger partial charge in [-0.2, -0.15) is 4.31 Å². The van der Waals surface area contributed by atoms with Crippen molar-refractivity contribution >= 4 is 16.1 Å². The summed E-state index contributed by atoms with van der Waals surface area (Å²) in [5, 5.41) is 0. The minimum Gasteiger partial charge on any atom is -0.207 e. The summed E-state index contributed by atoms with van der Waals surface area (Å²) in [6.45, 7) is 8.47. The Bertz CT molecular complexity index is 925. The lowest BCUT2D eigenvalue weighted by atomic mass is 9.99. The molecule has 2 aromatic carbocycles. The fourth-order valence-electron chi connectivity index (χ4n) is 3.57. The first-order valence-corrected chi connectivity index (χ1v) is 10.6. The Kier molecular flexibility index (Phi) is 5.35. The van der Waals surface area contributed by atoms with Crippen LogP contribution in [0.5, 0.6) is 0 Å². The molecular formula is C22H27NO2S. The highest BCUT2D eigenvalue weighted by atomic mass is 32.2. The summed E-state index contributed by atoms with van der Waals surface area (Å²) in [5.41, 5.74) is 6.29. The first-order chi connectivity index (χ1) is 12.3. The maximum absolute atomic E-state index is 13.1. The molecule has 2 aromatic rings. The molecular weight excluding hydrogens is 342 g/mol. The van der Waals surface area contributed by atoms with E-state index in [0.717, 1.165) is 18.4 Å². The number of nitrogens with zero attached hydrogens (tertiary/aromatic N) is 1. The average molecular weight is 370 g/mol. The Balaban J connectivity index is 1.83. The number of sulfonamides is 1. The van der Waals surface area contributed by atoms with Crippen molar-refractivity contribution in [3.63, 3.8) is 0 Å². The predicted molar refractivity (Wildman–Crippen MR) is 108 cm³/mol. The van der Waals surface area contributed by atoms with Crippen molar-refractivity contribution in [2.24, 2.45) is 0 Å². The molecule has 0 atom stereocenters. The van der Waals surface area contributed by atoms with Crippen LogP contribution in [0.25, 0.3) is 6.08 Å². The van der Waals surface area contributed by atoms with E-state index < -0.39 is 10.0 Å². The molecule has 3 nitrogen and oxygen atoms in total. The maximum atomic E-state index is 13.1. The number of aryl methyl sites for hydroxylation is 1. The second kappa shape index (κ2) is 7.37. The number of allylic oxidation sites excluding steroid dienone is 1. The van der Waals surface area contributed by atoms with Crippen LogP contribution >= 0.6 is 0 Å². The Hall–Kier alpha value is -1.91. The van der Waals surface area contributed by atoms with E-state index in [9.17, 15) is 8.42 Å². The SMILES string of the molecule is CC1=Cc2cccc(CCN(C(C)C)S(=O)(=O)c3ccc(C)cc3)c2C1. The van der Waals surface area contributed by atoms with Crippen molar-refractivity contribution in [2.45, 2.75) is 51.5 Å². The zero-order valence-corrected chi connectivity index (χ0v) is 16.8. The van der Waals surface area contributed by atoms with Crippen molar-refractivity contribution in [3.8, 4) is 0 Å². The molecule has 3 rings (SSSR count). The molecule has 26 heavy (non-hydrogen) atoms. The van der Waals surface area contributed by atoms with Crippen molar-refractivity contribution < 1.29 is 8.42 Å². The third-order valence-corrected chi connectivity index (χ3v) is 7.06. The standard InChI is InChI=1S/C22H27NO2S/c1-16(2)23(26(24,25)21-10-8-17(3)9-11-21)13-12-19-6-5-7-20-14-18(4)15-22(19)20/h5-11,14,16H,12-13,15H2,1-4H3. The smallest absolute Gasteiger partial charge is 0.207 e. The number of hydrogen-bond acceptors (Lipinski definition) is 2. The van der Waals surface area contributed by atoms with Gasteiger partial charge in [-0.1, -0.05) is 47.5 Å². The molecule has 0 N–H and O–H groups in total. The van der Waals surface area contributed by atoms with Crippen LogP contribution in [-0.4, -0.2) is 25.3 Å². The summed E-state index contributed by atoms with van der Waals surface area (Å²) in [5.74, 6) is 0. The molecule has 0 saturated heterocycles. The van der Waals surface area contributed by atoms with E-state index in [1.165, 1.54) is 22.3 Å². The molecule has 0 aromatic heterocycles. The normalized spacial score (nSPS) is 14.0. The van der Waals surface area contributed by atoms with Crippen LogP contribution in [0.15, 0.2) is 52.9 Å². The summed E-state index contributed by atoms with van der Waals surface area (Å²) in [6.07, 6.45) is 3.92. The number of benzene rings is 2. The molecule has 1 aliphatic rings. The van der Waals surface area contributed by atoms with E-state index in [1.54, 1.807) is 16.4 Å². The molecule has 0 radical (unpaired) electrons. The van der Waals surface area contributed by atoms with Gasteiger partial charge in [-0.3, -0.25) is 0 Å². The molecule has 0 spiro atoms. The quantitative estimate of drug-likeness (QED) is 0.746. The largest absolute Gasteiger partial charge is 0.243 e. The zero-order chi connectivity index (χ0) is 18.9. The van der Waals surface area contributed by atoms with Gasteiger partial charge in [-0.15, -0.1) is 0 Å². The second-order valence-electron chi connectivity index (χ2n) is 7.42. The minimum atomic E-state index is -3.49. The third-order valence-electron chi connectivity index (χ3n) is 4.97. The number of fused-ring (bicyclic) bond motifs is 1.